The third kappa shape index (κ3) is 1.02. The van der Waals surface area contributed by atoms with Crippen molar-refractivity contribution in [2.24, 2.45) is 0 Å². The van der Waals surface area contributed by atoms with Gasteiger partial charge in [-0.1, -0.05) is 0 Å². The lowest BCUT2D eigenvalue weighted by molar-refractivity contribution is -0.136. The monoisotopic (exact) mass is 206 g/mol. The first-order valence-electron chi connectivity index (χ1n) is 4.73. The third-order valence-electron chi connectivity index (χ3n) is 2.95. The predicted molar refractivity (Wildman–Crippen MR) is 50.9 cm³/mol. The lowest BCUT2D eigenvalue weighted by Gasteiger charge is -2.17. The molecule has 2 unspecified atom stereocenters. The predicted octanol–water partition coefficient (Wildman–Crippen LogP) is 1.23. The van der Waals surface area contributed by atoms with E-state index in [0.29, 0.717) is 11.5 Å². The van der Waals surface area contributed by atoms with E-state index in [4.69, 9.17) is 14.2 Å². The van der Waals surface area contributed by atoms with Crippen LogP contribution in [0.25, 0.3) is 0 Å². The zero-order valence-electron chi connectivity index (χ0n) is 8.44. The van der Waals surface area contributed by atoms with Crippen LogP contribution in [0.1, 0.15) is 12.5 Å². The summed E-state index contributed by atoms with van der Waals surface area (Å²) in [5.74, 6) is 0.887. The van der Waals surface area contributed by atoms with Gasteiger partial charge in [-0.3, -0.25) is 0 Å². The summed E-state index contributed by atoms with van der Waals surface area (Å²) in [5.41, 5.74) is 0.421. The van der Waals surface area contributed by atoms with Gasteiger partial charge in [0.05, 0.1) is 7.11 Å². The van der Waals surface area contributed by atoms with Gasteiger partial charge in [-0.25, -0.2) is 4.79 Å². The van der Waals surface area contributed by atoms with Crippen LogP contribution in [0.15, 0.2) is 18.2 Å². The molecule has 1 fully saturated rings. The highest BCUT2D eigenvalue weighted by Gasteiger charge is 2.63. The summed E-state index contributed by atoms with van der Waals surface area (Å²) in [7, 11) is 1.57. The van der Waals surface area contributed by atoms with E-state index in [0.717, 1.165) is 5.56 Å². The molecule has 4 nitrogen and oxygen atoms in total. The van der Waals surface area contributed by atoms with Gasteiger partial charge in [0, 0.05) is 11.6 Å². The first-order chi connectivity index (χ1) is 7.15. The maximum Gasteiger partial charge on any atom is 0.344 e. The van der Waals surface area contributed by atoms with E-state index in [-0.39, 0.29) is 5.97 Å². The number of hydrogen-bond donors (Lipinski definition) is 0. The van der Waals surface area contributed by atoms with Crippen LogP contribution in [0, 0.1) is 0 Å². The van der Waals surface area contributed by atoms with Crippen molar-refractivity contribution in [1.82, 2.24) is 0 Å². The van der Waals surface area contributed by atoms with Crippen LogP contribution in [0.4, 0.5) is 0 Å². The number of ether oxygens (including phenoxy) is 3. The maximum absolute atomic E-state index is 11.4. The number of epoxide rings is 1. The Hall–Kier alpha value is -1.55. The lowest BCUT2D eigenvalue weighted by Crippen LogP contribution is -2.27. The summed E-state index contributed by atoms with van der Waals surface area (Å²) in [6.45, 7) is 1.89. The largest absolute Gasteiger partial charge is 0.497 e. The van der Waals surface area contributed by atoms with E-state index in [1.165, 1.54) is 0 Å². The van der Waals surface area contributed by atoms with Crippen molar-refractivity contribution in [3.63, 3.8) is 0 Å². The van der Waals surface area contributed by atoms with Gasteiger partial charge in [-0.15, -0.1) is 0 Å². The van der Waals surface area contributed by atoms with Crippen molar-refractivity contribution in [2.45, 2.75) is 18.6 Å². The Bertz CT molecular complexity index is 454. The highest BCUT2D eigenvalue weighted by molar-refractivity contribution is 5.85. The molecule has 0 spiro atoms. The molecular formula is C11H10O4. The van der Waals surface area contributed by atoms with Gasteiger partial charge < -0.3 is 14.2 Å². The summed E-state index contributed by atoms with van der Waals surface area (Å²) in [6, 6.07) is 5.42. The molecule has 2 heterocycles. The van der Waals surface area contributed by atoms with Crippen molar-refractivity contribution >= 4 is 5.97 Å². The lowest BCUT2D eigenvalue weighted by atomic mass is 9.94. The van der Waals surface area contributed by atoms with Gasteiger partial charge >= 0.3 is 5.97 Å². The molecule has 4 heteroatoms. The first-order valence-corrected chi connectivity index (χ1v) is 4.73. The summed E-state index contributed by atoms with van der Waals surface area (Å²) >= 11 is 0. The second-order valence-electron chi connectivity index (χ2n) is 3.89. The van der Waals surface area contributed by atoms with Gasteiger partial charge in [-0.2, -0.15) is 0 Å². The Balaban J connectivity index is 2.13. The van der Waals surface area contributed by atoms with E-state index < -0.39 is 11.7 Å². The fourth-order valence-electron chi connectivity index (χ4n) is 1.97. The second-order valence-corrected chi connectivity index (χ2v) is 3.89. The molecule has 2 atom stereocenters. The molecule has 1 aromatic carbocycles. The summed E-state index contributed by atoms with van der Waals surface area (Å²) in [6.07, 6.45) is -0.432. The number of fused-ring (bicyclic) bond motifs is 3. The zero-order chi connectivity index (χ0) is 10.6. The van der Waals surface area contributed by atoms with Crippen LogP contribution in [0.2, 0.25) is 0 Å². The Morgan fingerprint density at radius 1 is 1.47 bits per heavy atom. The first kappa shape index (κ1) is 8.73. The minimum atomic E-state index is -0.489. The molecule has 2 aliphatic rings. The fraction of sp³-hybridized carbons (Fsp3) is 0.364. The molecule has 1 aromatic rings. The average molecular weight is 206 g/mol. The molecule has 2 aliphatic heterocycles. The minimum Gasteiger partial charge on any atom is -0.497 e. The van der Waals surface area contributed by atoms with E-state index >= 15 is 0 Å². The molecule has 15 heavy (non-hydrogen) atoms. The molecule has 0 saturated carbocycles. The summed E-state index contributed by atoms with van der Waals surface area (Å²) in [4.78, 5) is 11.4. The van der Waals surface area contributed by atoms with Crippen molar-refractivity contribution in [3.05, 3.63) is 23.8 Å². The molecule has 0 amide bonds. The van der Waals surface area contributed by atoms with Crippen LogP contribution in [-0.4, -0.2) is 19.2 Å². The SMILES string of the molecule is COc1ccc2c(c1)OC(=O)C1OC21C. The van der Waals surface area contributed by atoms with Crippen molar-refractivity contribution in [3.8, 4) is 11.5 Å². The number of carbonyl (C=O) groups is 1. The van der Waals surface area contributed by atoms with Crippen molar-refractivity contribution < 1.29 is 19.0 Å². The number of benzene rings is 1. The molecule has 0 radical (unpaired) electrons. The fourth-order valence-corrected chi connectivity index (χ4v) is 1.97. The third-order valence-corrected chi connectivity index (χ3v) is 2.95. The van der Waals surface area contributed by atoms with Crippen LogP contribution < -0.4 is 9.47 Å². The van der Waals surface area contributed by atoms with Crippen LogP contribution in [0.5, 0.6) is 11.5 Å². The highest BCUT2D eigenvalue weighted by Crippen LogP contribution is 2.53. The van der Waals surface area contributed by atoms with Gasteiger partial charge in [-0.05, 0) is 19.1 Å². The van der Waals surface area contributed by atoms with Crippen molar-refractivity contribution in [1.29, 1.82) is 0 Å². The van der Waals surface area contributed by atoms with Crippen molar-refractivity contribution in [2.75, 3.05) is 7.11 Å². The minimum absolute atomic E-state index is 0.321. The quantitative estimate of drug-likeness (QED) is 0.394. The Labute approximate surface area is 86.7 Å². The molecule has 1 saturated heterocycles. The van der Waals surface area contributed by atoms with E-state index in [1.54, 1.807) is 13.2 Å². The van der Waals surface area contributed by atoms with Crippen LogP contribution >= 0.6 is 0 Å². The Morgan fingerprint density at radius 3 is 3.00 bits per heavy atom. The molecule has 0 aromatic heterocycles. The maximum atomic E-state index is 11.4. The number of carbonyl (C=O) groups excluding carboxylic acids is 1. The average Bonchev–Trinajstić information content (AvgIpc) is 2.92. The number of esters is 1. The Kier molecular flexibility index (Phi) is 1.47. The molecule has 3 rings (SSSR count). The van der Waals surface area contributed by atoms with Gasteiger partial charge in [0.2, 0.25) is 0 Å². The highest BCUT2D eigenvalue weighted by atomic mass is 16.7. The zero-order valence-corrected chi connectivity index (χ0v) is 8.44. The standard InChI is InChI=1S/C11H10O4/c1-11-7-4-3-6(13-2)5-8(7)14-10(12)9(11)15-11/h3-5,9H,1-2H3. The summed E-state index contributed by atoms with van der Waals surface area (Å²) < 4.78 is 15.6. The molecule has 0 aliphatic carbocycles. The van der Waals surface area contributed by atoms with E-state index in [1.807, 2.05) is 19.1 Å². The topological polar surface area (TPSA) is 48.1 Å². The molecule has 0 bridgehead atoms. The van der Waals surface area contributed by atoms with E-state index in [9.17, 15) is 4.79 Å². The van der Waals surface area contributed by atoms with Crippen LogP contribution in [0.3, 0.4) is 0 Å². The van der Waals surface area contributed by atoms with E-state index in [2.05, 4.69) is 0 Å². The van der Waals surface area contributed by atoms with Gasteiger partial charge in [0.25, 0.3) is 0 Å². The normalized spacial score (nSPS) is 31.3. The molecule has 78 valence electrons. The second kappa shape index (κ2) is 2.52. The Morgan fingerprint density at radius 2 is 2.27 bits per heavy atom. The van der Waals surface area contributed by atoms with Crippen LogP contribution in [-0.2, 0) is 15.1 Å². The van der Waals surface area contributed by atoms with Gasteiger partial charge in [0.1, 0.15) is 17.1 Å². The number of rotatable bonds is 1. The van der Waals surface area contributed by atoms with Gasteiger partial charge in [0.15, 0.2) is 6.10 Å². The molecular weight excluding hydrogens is 196 g/mol. The molecule has 0 N–H and O–H groups in total. The number of hydrogen-bond acceptors (Lipinski definition) is 4. The summed E-state index contributed by atoms with van der Waals surface area (Å²) in [5, 5.41) is 0. The smallest absolute Gasteiger partial charge is 0.344 e. The number of methoxy groups -OCH3 is 1.